The van der Waals surface area contributed by atoms with Gasteiger partial charge in [-0.1, -0.05) is 17.7 Å². The molecule has 2 aliphatic heterocycles. The lowest BCUT2D eigenvalue weighted by Crippen LogP contribution is -2.56. The summed E-state index contributed by atoms with van der Waals surface area (Å²) in [4.78, 5) is 23.1. The van der Waals surface area contributed by atoms with Gasteiger partial charge in [-0.25, -0.2) is 9.78 Å². The molecule has 0 unspecified atom stereocenters. The monoisotopic (exact) mass is 432 g/mol. The molecular formula is C20H25ClN6O3. The molecule has 0 radical (unpaired) electrons. The van der Waals surface area contributed by atoms with Crippen molar-refractivity contribution in [3.05, 3.63) is 40.5 Å². The standard InChI is InChI=1S/C20H25ClN6O3/c1-12-7-18(25-19(22)23-12)27-5-2-6-30-11-17(27)15-4-3-13(8-16(15)21)24-14-9-26(10-14)20(28)29/h3-4,7-8,14,17,24H,2,5-6,9-11H2,1H3,(H,28,29)(H2,22,23,25)/t17-/m1/s1. The molecule has 9 nitrogen and oxygen atoms in total. The second-order valence-corrected chi connectivity index (χ2v) is 8.04. The number of carbonyl (C=O) groups is 1. The van der Waals surface area contributed by atoms with Crippen molar-refractivity contribution in [2.45, 2.75) is 25.4 Å². The van der Waals surface area contributed by atoms with Gasteiger partial charge in [0, 0.05) is 48.7 Å². The van der Waals surface area contributed by atoms with Crippen LogP contribution in [0.25, 0.3) is 0 Å². The molecule has 10 heteroatoms. The van der Waals surface area contributed by atoms with E-state index in [9.17, 15) is 4.79 Å². The summed E-state index contributed by atoms with van der Waals surface area (Å²) in [6.07, 6.45) is -0.0196. The summed E-state index contributed by atoms with van der Waals surface area (Å²) in [5.74, 6) is 1.01. The quantitative estimate of drug-likeness (QED) is 0.675. The van der Waals surface area contributed by atoms with Gasteiger partial charge in [-0.15, -0.1) is 0 Å². The van der Waals surface area contributed by atoms with Crippen molar-refractivity contribution in [3.63, 3.8) is 0 Å². The van der Waals surface area contributed by atoms with Crippen LogP contribution in [0.2, 0.25) is 5.02 Å². The number of ether oxygens (including phenoxy) is 1. The first-order valence-electron chi connectivity index (χ1n) is 9.90. The first-order chi connectivity index (χ1) is 14.4. The molecule has 1 aromatic carbocycles. The third kappa shape index (κ3) is 4.36. The van der Waals surface area contributed by atoms with Crippen molar-refractivity contribution in [1.82, 2.24) is 14.9 Å². The lowest BCUT2D eigenvalue weighted by Gasteiger charge is -2.38. The lowest BCUT2D eigenvalue weighted by atomic mass is 10.0. The number of aryl methyl sites for hydroxylation is 1. The van der Waals surface area contributed by atoms with Gasteiger partial charge in [-0.05, 0) is 31.0 Å². The minimum atomic E-state index is -0.893. The number of benzene rings is 1. The molecule has 1 aromatic heterocycles. The summed E-state index contributed by atoms with van der Waals surface area (Å²) in [6, 6.07) is 7.74. The summed E-state index contributed by atoms with van der Waals surface area (Å²) in [5.41, 5.74) is 8.49. The van der Waals surface area contributed by atoms with Gasteiger partial charge in [0.15, 0.2) is 0 Å². The van der Waals surface area contributed by atoms with Crippen molar-refractivity contribution < 1.29 is 14.6 Å². The normalized spacial score (nSPS) is 19.9. The maximum Gasteiger partial charge on any atom is 0.407 e. The molecule has 2 fully saturated rings. The van der Waals surface area contributed by atoms with Crippen molar-refractivity contribution in [3.8, 4) is 0 Å². The molecule has 0 saturated carbocycles. The SMILES string of the molecule is Cc1cc(N2CCCOC[C@@H]2c2ccc(NC3CN(C(=O)O)C3)cc2Cl)nc(N)n1. The van der Waals surface area contributed by atoms with Crippen molar-refractivity contribution in [1.29, 1.82) is 0 Å². The molecule has 1 amide bonds. The zero-order valence-corrected chi connectivity index (χ0v) is 17.5. The number of hydrogen-bond donors (Lipinski definition) is 3. The summed E-state index contributed by atoms with van der Waals surface area (Å²) in [5, 5.41) is 12.9. The summed E-state index contributed by atoms with van der Waals surface area (Å²) < 4.78 is 5.83. The Kier molecular flexibility index (Phi) is 5.83. The largest absolute Gasteiger partial charge is 0.465 e. The molecule has 30 heavy (non-hydrogen) atoms. The van der Waals surface area contributed by atoms with E-state index in [2.05, 4.69) is 20.2 Å². The minimum absolute atomic E-state index is 0.0905. The predicted molar refractivity (Wildman–Crippen MR) is 115 cm³/mol. The summed E-state index contributed by atoms with van der Waals surface area (Å²) in [6.45, 7) is 4.76. The zero-order chi connectivity index (χ0) is 21.3. The second-order valence-electron chi connectivity index (χ2n) is 7.63. The molecule has 1 atom stereocenters. The number of halogens is 1. The Morgan fingerprint density at radius 2 is 2.13 bits per heavy atom. The fourth-order valence-corrected chi connectivity index (χ4v) is 4.19. The Morgan fingerprint density at radius 3 is 2.83 bits per heavy atom. The van der Waals surface area contributed by atoms with Crippen LogP contribution >= 0.6 is 11.6 Å². The van der Waals surface area contributed by atoms with E-state index < -0.39 is 6.09 Å². The van der Waals surface area contributed by atoms with Crippen molar-refractivity contribution in [2.75, 3.05) is 48.8 Å². The highest BCUT2D eigenvalue weighted by Gasteiger charge is 2.31. The number of rotatable bonds is 4. The van der Waals surface area contributed by atoms with Crippen LogP contribution in [0.3, 0.4) is 0 Å². The van der Waals surface area contributed by atoms with Crippen LogP contribution < -0.4 is 16.0 Å². The molecule has 4 rings (SSSR count). The second kappa shape index (κ2) is 8.53. The fourth-order valence-electron chi connectivity index (χ4n) is 3.88. The van der Waals surface area contributed by atoms with E-state index in [1.807, 2.05) is 31.2 Å². The van der Waals surface area contributed by atoms with E-state index in [1.54, 1.807) is 0 Å². The molecule has 2 saturated heterocycles. The number of nitrogens with zero attached hydrogens (tertiary/aromatic N) is 4. The highest BCUT2D eigenvalue weighted by molar-refractivity contribution is 6.31. The first-order valence-corrected chi connectivity index (χ1v) is 10.3. The number of nitrogens with one attached hydrogen (secondary N) is 1. The Hall–Kier alpha value is -2.78. The number of carboxylic acid groups (broad SMARTS) is 1. The minimum Gasteiger partial charge on any atom is -0.465 e. The third-order valence-corrected chi connectivity index (χ3v) is 5.70. The van der Waals surface area contributed by atoms with Crippen LogP contribution in [0, 0.1) is 6.92 Å². The highest BCUT2D eigenvalue weighted by atomic mass is 35.5. The Balaban J connectivity index is 1.55. The van der Waals surface area contributed by atoms with Gasteiger partial charge in [0.25, 0.3) is 0 Å². The Labute approximate surface area is 179 Å². The van der Waals surface area contributed by atoms with E-state index in [4.69, 9.17) is 27.2 Å². The molecule has 0 aliphatic carbocycles. The average Bonchev–Trinajstić information content (AvgIpc) is 2.89. The Bertz CT molecular complexity index is 917. The van der Waals surface area contributed by atoms with Gasteiger partial charge < -0.3 is 30.7 Å². The van der Waals surface area contributed by atoms with Gasteiger partial charge >= 0.3 is 6.09 Å². The van der Waals surface area contributed by atoms with Crippen LogP contribution in [0.1, 0.15) is 23.7 Å². The van der Waals surface area contributed by atoms with Gasteiger partial charge in [-0.2, -0.15) is 4.98 Å². The molecule has 3 heterocycles. The molecule has 2 aliphatic rings. The van der Waals surface area contributed by atoms with Gasteiger partial charge in [0.2, 0.25) is 5.95 Å². The summed E-state index contributed by atoms with van der Waals surface area (Å²) >= 11 is 6.67. The first kappa shape index (κ1) is 20.5. The van der Waals surface area contributed by atoms with Crippen LogP contribution in [0.5, 0.6) is 0 Å². The van der Waals surface area contributed by atoms with Crippen molar-refractivity contribution >= 4 is 35.1 Å². The van der Waals surface area contributed by atoms with E-state index in [0.717, 1.165) is 35.7 Å². The number of likely N-dealkylation sites (tertiary alicyclic amines) is 1. The van der Waals surface area contributed by atoms with Crippen molar-refractivity contribution in [2.24, 2.45) is 0 Å². The topological polar surface area (TPSA) is 117 Å². The van der Waals surface area contributed by atoms with E-state index in [0.29, 0.717) is 31.3 Å². The Morgan fingerprint density at radius 1 is 1.33 bits per heavy atom. The number of amides is 1. The zero-order valence-electron chi connectivity index (χ0n) is 16.7. The molecule has 2 aromatic rings. The van der Waals surface area contributed by atoms with Crippen LogP contribution in [0.4, 0.5) is 22.2 Å². The van der Waals surface area contributed by atoms with Gasteiger partial charge in [-0.3, -0.25) is 0 Å². The van der Waals surface area contributed by atoms with Gasteiger partial charge in [0.05, 0.1) is 18.7 Å². The lowest BCUT2D eigenvalue weighted by molar-refractivity contribution is 0.111. The fraction of sp³-hybridized carbons (Fsp3) is 0.450. The van der Waals surface area contributed by atoms with E-state index in [-0.39, 0.29) is 18.0 Å². The molecule has 160 valence electrons. The summed E-state index contributed by atoms with van der Waals surface area (Å²) in [7, 11) is 0. The number of aromatic nitrogens is 2. The number of nitrogens with two attached hydrogens (primary N) is 1. The third-order valence-electron chi connectivity index (χ3n) is 5.37. The highest BCUT2D eigenvalue weighted by Crippen LogP contribution is 2.34. The van der Waals surface area contributed by atoms with E-state index >= 15 is 0 Å². The molecule has 0 bridgehead atoms. The van der Waals surface area contributed by atoms with Crippen LogP contribution in [-0.4, -0.2) is 65.0 Å². The van der Waals surface area contributed by atoms with Gasteiger partial charge in [0.1, 0.15) is 5.82 Å². The number of nitrogen functional groups attached to an aromatic ring is 1. The average molecular weight is 433 g/mol. The molecular weight excluding hydrogens is 408 g/mol. The molecule has 4 N–H and O–H groups in total. The van der Waals surface area contributed by atoms with Crippen LogP contribution in [0.15, 0.2) is 24.3 Å². The maximum absolute atomic E-state index is 10.9. The number of anilines is 3. The van der Waals surface area contributed by atoms with E-state index in [1.165, 1.54) is 4.90 Å². The van der Waals surface area contributed by atoms with Crippen LogP contribution in [-0.2, 0) is 4.74 Å². The molecule has 0 spiro atoms. The predicted octanol–water partition coefficient (Wildman–Crippen LogP) is 2.76. The smallest absolute Gasteiger partial charge is 0.407 e. The maximum atomic E-state index is 10.9. The number of hydrogen-bond acceptors (Lipinski definition) is 7.